The third-order valence-electron chi connectivity index (χ3n) is 4.44. The predicted molar refractivity (Wildman–Crippen MR) is 99.7 cm³/mol. The summed E-state index contributed by atoms with van der Waals surface area (Å²) < 4.78 is 0. The van der Waals surface area contributed by atoms with Gasteiger partial charge in [0.05, 0.1) is 17.5 Å². The van der Waals surface area contributed by atoms with Gasteiger partial charge in [-0.05, 0) is 36.8 Å². The number of guanidine groups is 1. The summed E-state index contributed by atoms with van der Waals surface area (Å²) in [5.41, 5.74) is 6.93. The van der Waals surface area contributed by atoms with Crippen molar-refractivity contribution in [2.45, 2.75) is 18.9 Å². The molecule has 2 heterocycles. The average molecular weight is 362 g/mol. The fourth-order valence-electron chi connectivity index (χ4n) is 2.80. The van der Waals surface area contributed by atoms with Gasteiger partial charge in [0.15, 0.2) is 5.96 Å². The lowest BCUT2D eigenvalue weighted by Gasteiger charge is -2.33. The Kier molecular flexibility index (Phi) is 4.60. The lowest BCUT2D eigenvalue weighted by molar-refractivity contribution is -0.128. The molecule has 8 nitrogen and oxygen atoms in total. The minimum absolute atomic E-state index is 0.124. The van der Waals surface area contributed by atoms with Gasteiger partial charge in [0.1, 0.15) is 11.8 Å². The van der Waals surface area contributed by atoms with Gasteiger partial charge in [-0.15, -0.1) is 0 Å². The van der Waals surface area contributed by atoms with Crippen molar-refractivity contribution in [3.05, 3.63) is 59.4 Å². The first-order valence-corrected chi connectivity index (χ1v) is 8.22. The molecule has 0 fully saturated rings. The molecule has 1 atom stereocenters. The van der Waals surface area contributed by atoms with Crippen molar-refractivity contribution in [3.63, 3.8) is 0 Å². The molecule has 8 heteroatoms. The van der Waals surface area contributed by atoms with Gasteiger partial charge in [0, 0.05) is 18.9 Å². The first-order valence-electron chi connectivity index (χ1n) is 8.22. The number of hydrogen-bond acceptors (Lipinski definition) is 6. The monoisotopic (exact) mass is 362 g/mol. The van der Waals surface area contributed by atoms with E-state index in [9.17, 15) is 9.59 Å². The van der Waals surface area contributed by atoms with Gasteiger partial charge in [-0.1, -0.05) is 12.1 Å². The molecule has 136 valence electrons. The van der Waals surface area contributed by atoms with E-state index in [2.05, 4.69) is 15.3 Å². The molecule has 0 aliphatic carbocycles. The Hall–Kier alpha value is -3.73. The highest BCUT2D eigenvalue weighted by Gasteiger charge is 2.36. The van der Waals surface area contributed by atoms with E-state index in [1.54, 1.807) is 25.2 Å². The number of aliphatic imine (C=N–C) groups is 1. The van der Waals surface area contributed by atoms with Crippen LogP contribution in [0.25, 0.3) is 0 Å². The van der Waals surface area contributed by atoms with E-state index in [-0.39, 0.29) is 24.0 Å². The van der Waals surface area contributed by atoms with Crippen LogP contribution in [-0.2, 0) is 10.3 Å². The Morgan fingerprint density at radius 1 is 1.37 bits per heavy atom. The molecule has 27 heavy (non-hydrogen) atoms. The summed E-state index contributed by atoms with van der Waals surface area (Å²) in [6, 6.07) is 12.1. The number of nitrogens with one attached hydrogen (secondary N) is 1. The van der Waals surface area contributed by atoms with E-state index in [4.69, 9.17) is 11.0 Å². The largest absolute Gasteiger partial charge is 0.369 e. The molecule has 0 spiro atoms. The van der Waals surface area contributed by atoms with Gasteiger partial charge in [0.2, 0.25) is 5.91 Å². The van der Waals surface area contributed by atoms with E-state index in [1.165, 1.54) is 23.2 Å². The molecule has 0 saturated carbocycles. The van der Waals surface area contributed by atoms with E-state index in [0.29, 0.717) is 11.3 Å². The van der Waals surface area contributed by atoms with Crippen LogP contribution in [0.5, 0.6) is 0 Å². The minimum Gasteiger partial charge on any atom is -0.369 e. The molecule has 3 N–H and O–H groups in total. The number of aromatic nitrogens is 1. The first-order chi connectivity index (χ1) is 12.8. The highest BCUT2D eigenvalue weighted by atomic mass is 16.2. The zero-order chi connectivity index (χ0) is 19.6. The van der Waals surface area contributed by atoms with Crippen molar-refractivity contribution in [2.75, 3.05) is 12.4 Å². The number of nitrogens with zero attached hydrogens (tertiary/aromatic N) is 4. The second-order valence-electron chi connectivity index (χ2n) is 6.45. The van der Waals surface area contributed by atoms with Crippen molar-refractivity contribution in [1.82, 2.24) is 9.88 Å². The van der Waals surface area contributed by atoms with Crippen LogP contribution in [0.3, 0.4) is 0 Å². The van der Waals surface area contributed by atoms with Gasteiger partial charge in [-0.2, -0.15) is 5.26 Å². The molecular formula is C19H18N6O2. The second-order valence-corrected chi connectivity index (χ2v) is 6.45. The van der Waals surface area contributed by atoms with E-state index in [0.717, 1.165) is 5.56 Å². The van der Waals surface area contributed by atoms with Crippen LogP contribution in [0.4, 0.5) is 5.69 Å². The maximum Gasteiger partial charge on any atom is 0.274 e. The fraction of sp³-hybridized carbons (Fsp3) is 0.211. The molecule has 0 bridgehead atoms. The van der Waals surface area contributed by atoms with Crippen LogP contribution in [-0.4, -0.2) is 34.7 Å². The number of carbonyl (C=O) groups is 2. The molecule has 1 aliphatic heterocycles. The van der Waals surface area contributed by atoms with E-state index < -0.39 is 11.4 Å². The molecule has 0 saturated heterocycles. The first kappa shape index (κ1) is 18.1. The molecular weight excluding hydrogens is 344 g/mol. The van der Waals surface area contributed by atoms with Crippen molar-refractivity contribution in [1.29, 1.82) is 5.26 Å². The van der Waals surface area contributed by atoms with Gasteiger partial charge >= 0.3 is 0 Å². The number of amides is 2. The summed E-state index contributed by atoms with van der Waals surface area (Å²) in [4.78, 5) is 34.3. The van der Waals surface area contributed by atoms with Gasteiger partial charge in [-0.3, -0.25) is 14.5 Å². The van der Waals surface area contributed by atoms with Crippen LogP contribution in [0.1, 0.15) is 35.0 Å². The SMILES string of the molecule is CN1C(=O)CC(C)(c2cccc(NC(=O)c3ccc(C#N)cn3)c2)N=C1N. The van der Waals surface area contributed by atoms with Gasteiger partial charge in [0.25, 0.3) is 5.91 Å². The number of carbonyl (C=O) groups excluding carboxylic acids is 2. The van der Waals surface area contributed by atoms with Crippen molar-refractivity contribution in [2.24, 2.45) is 10.7 Å². The Bertz CT molecular complexity index is 976. The third-order valence-corrected chi connectivity index (χ3v) is 4.44. The number of rotatable bonds is 3. The van der Waals surface area contributed by atoms with Gasteiger partial charge in [-0.25, -0.2) is 9.98 Å². The van der Waals surface area contributed by atoms with E-state index >= 15 is 0 Å². The number of nitriles is 1. The topological polar surface area (TPSA) is 124 Å². The molecule has 1 aromatic carbocycles. The van der Waals surface area contributed by atoms with Crippen LogP contribution in [0.2, 0.25) is 0 Å². The zero-order valence-electron chi connectivity index (χ0n) is 14.9. The van der Waals surface area contributed by atoms with E-state index in [1.807, 2.05) is 19.1 Å². The van der Waals surface area contributed by atoms with Crippen molar-refractivity contribution in [3.8, 4) is 6.07 Å². The summed E-state index contributed by atoms with van der Waals surface area (Å²) in [5.74, 6) is -0.365. The summed E-state index contributed by atoms with van der Waals surface area (Å²) in [6.07, 6.45) is 1.52. The molecule has 2 aromatic rings. The standard InChI is InChI=1S/C19H18N6O2/c1-19(9-16(26)25(2)18(21)24-19)13-4-3-5-14(8-13)23-17(27)15-7-6-12(10-20)11-22-15/h3-8,11H,9H2,1-2H3,(H2,21,24)(H,23,27). The molecule has 0 radical (unpaired) electrons. The number of nitrogens with two attached hydrogens (primary N) is 1. The van der Waals surface area contributed by atoms with Crippen molar-refractivity contribution < 1.29 is 9.59 Å². The van der Waals surface area contributed by atoms with Crippen LogP contribution in [0, 0.1) is 11.3 Å². The number of hydrogen-bond donors (Lipinski definition) is 2. The molecule has 1 unspecified atom stereocenters. The number of anilines is 1. The third kappa shape index (κ3) is 3.62. The number of benzene rings is 1. The van der Waals surface area contributed by atoms with Gasteiger partial charge < -0.3 is 11.1 Å². The maximum absolute atomic E-state index is 12.4. The summed E-state index contributed by atoms with van der Waals surface area (Å²) in [6.45, 7) is 1.83. The Labute approximate surface area is 156 Å². The lowest BCUT2D eigenvalue weighted by Crippen LogP contribution is -2.47. The minimum atomic E-state index is -0.804. The van der Waals surface area contributed by atoms with Crippen LogP contribution in [0.15, 0.2) is 47.6 Å². The molecule has 1 aromatic heterocycles. The Balaban J connectivity index is 1.84. The predicted octanol–water partition coefficient (Wildman–Crippen LogP) is 1.60. The summed E-state index contributed by atoms with van der Waals surface area (Å²) in [7, 11) is 1.59. The highest BCUT2D eigenvalue weighted by Crippen LogP contribution is 2.34. The second kappa shape index (κ2) is 6.88. The highest BCUT2D eigenvalue weighted by molar-refractivity contribution is 6.03. The smallest absolute Gasteiger partial charge is 0.274 e. The van der Waals surface area contributed by atoms with Crippen molar-refractivity contribution >= 4 is 23.5 Å². The normalized spacial score (nSPS) is 19.2. The lowest BCUT2D eigenvalue weighted by atomic mass is 9.87. The van der Waals surface area contributed by atoms with Crippen LogP contribution >= 0.6 is 0 Å². The quantitative estimate of drug-likeness (QED) is 0.858. The Morgan fingerprint density at radius 2 is 2.15 bits per heavy atom. The maximum atomic E-state index is 12.4. The Morgan fingerprint density at radius 3 is 2.78 bits per heavy atom. The molecule has 1 aliphatic rings. The number of pyridine rings is 1. The molecule has 3 rings (SSSR count). The molecule has 2 amide bonds. The summed E-state index contributed by atoms with van der Waals surface area (Å²) >= 11 is 0. The summed E-state index contributed by atoms with van der Waals surface area (Å²) in [5, 5.41) is 11.6. The fourth-order valence-corrected chi connectivity index (χ4v) is 2.80. The zero-order valence-corrected chi connectivity index (χ0v) is 14.9. The van der Waals surface area contributed by atoms with Crippen LogP contribution < -0.4 is 11.1 Å². The average Bonchev–Trinajstić information content (AvgIpc) is 2.66.